The number of hydrazine groups is 1. The van der Waals surface area contributed by atoms with Gasteiger partial charge in [-0.3, -0.25) is 5.84 Å². The Morgan fingerprint density at radius 2 is 2.17 bits per heavy atom. The van der Waals surface area contributed by atoms with Crippen molar-refractivity contribution in [3.63, 3.8) is 0 Å². The minimum absolute atomic E-state index is 0.0535. The van der Waals surface area contributed by atoms with Gasteiger partial charge in [0.1, 0.15) is 11.8 Å². The Morgan fingerprint density at radius 1 is 1.44 bits per heavy atom. The number of furan rings is 1. The maximum atomic E-state index is 5.71. The van der Waals surface area contributed by atoms with E-state index in [0.717, 1.165) is 10.2 Å². The number of halogens is 1. The van der Waals surface area contributed by atoms with E-state index in [9.17, 15) is 0 Å². The average molecular weight is 317 g/mol. The van der Waals surface area contributed by atoms with Gasteiger partial charge in [0.15, 0.2) is 0 Å². The van der Waals surface area contributed by atoms with Crippen molar-refractivity contribution in [3.05, 3.63) is 22.6 Å². The molecular weight excluding hydrogens is 296 g/mol. The quantitative estimate of drug-likeness (QED) is 0.647. The molecule has 1 heterocycles. The molecule has 2 unspecified atom stereocenters. The van der Waals surface area contributed by atoms with Crippen molar-refractivity contribution in [2.45, 2.75) is 44.2 Å². The van der Waals surface area contributed by atoms with E-state index in [2.05, 4.69) is 21.4 Å². The predicted molar refractivity (Wildman–Crippen MR) is 73.8 cm³/mol. The molecule has 1 saturated carbocycles. The van der Waals surface area contributed by atoms with E-state index in [4.69, 9.17) is 15.0 Å². The lowest BCUT2D eigenvalue weighted by molar-refractivity contribution is 0.00198. The molecule has 1 aromatic rings. The Labute approximate surface area is 116 Å². The molecule has 2 rings (SSSR count). The highest BCUT2D eigenvalue weighted by atomic mass is 79.9. The molecule has 1 aromatic heterocycles. The predicted octanol–water partition coefficient (Wildman–Crippen LogP) is 3.14. The first kappa shape index (κ1) is 14.1. The molecule has 1 aliphatic rings. The Kier molecular flexibility index (Phi) is 5.24. The maximum Gasteiger partial charge on any atom is 0.138 e. The van der Waals surface area contributed by atoms with Crippen LogP contribution in [0.3, 0.4) is 0 Å². The van der Waals surface area contributed by atoms with Gasteiger partial charge in [-0.2, -0.15) is 0 Å². The van der Waals surface area contributed by atoms with Crippen LogP contribution in [0.15, 0.2) is 21.2 Å². The number of hydrogen-bond donors (Lipinski definition) is 2. The first-order valence-corrected chi connectivity index (χ1v) is 7.29. The maximum absolute atomic E-state index is 5.71. The van der Waals surface area contributed by atoms with Crippen LogP contribution < -0.4 is 11.3 Å². The largest absolute Gasteiger partial charge is 0.466 e. The standard InChI is InChI=1S/C13H21BrN2O2/c1-17-12(9-5-3-2-4-6-9)11(16-15)13-10(14)7-8-18-13/h7-9,11-12,16H,2-6,15H2,1H3. The molecule has 0 aliphatic heterocycles. The zero-order valence-corrected chi connectivity index (χ0v) is 12.3. The lowest BCUT2D eigenvalue weighted by Crippen LogP contribution is -2.42. The third kappa shape index (κ3) is 2.96. The van der Waals surface area contributed by atoms with Crippen molar-refractivity contribution in [1.29, 1.82) is 0 Å². The number of rotatable bonds is 5. The molecular formula is C13H21BrN2O2. The van der Waals surface area contributed by atoms with Gasteiger partial charge in [0.2, 0.25) is 0 Å². The first-order valence-electron chi connectivity index (χ1n) is 6.49. The van der Waals surface area contributed by atoms with Gasteiger partial charge in [-0.15, -0.1) is 0 Å². The van der Waals surface area contributed by atoms with Crippen LogP contribution in [-0.2, 0) is 4.74 Å². The van der Waals surface area contributed by atoms with Gasteiger partial charge in [-0.1, -0.05) is 19.3 Å². The molecule has 1 aliphatic carbocycles. The van der Waals surface area contributed by atoms with Gasteiger partial charge in [-0.05, 0) is 40.8 Å². The summed E-state index contributed by atoms with van der Waals surface area (Å²) in [4.78, 5) is 0. The van der Waals surface area contributed by atoms with Crippen LogP contribution in [-0.4, -0.2) is 13.2 Å². The van der Waals surface area contributed by atoms with E-state index in [0.29, 0.717) is 5.92 Å². The number of hydrogen-bond acceptors (Lipinski definition) is 4. The lowest BCUT2D eigenvalue weighted by Gasteiger charge is -2.33. The normalized spacial score (nSPS) is 20.8. The van der Waals surface area contributed by atoms with Crippen LogP contribution in [0.5, 0.6) is 0 Å². The van der Waals surface area contributed by atoms with Crippen molar-refractivity contribution in [3.8, 4) is 0 Å². The second kappa shape index (κ2) is 6.70. The fourth-order valence-electron chi connectivity index (χ4n) is 2.91. The van der Waals surface area contributed by atoms with Gasteiger partial charge < -0.3 is 9.15 Å². The molecule has 3 N–H and O–H groups in total. The van der Waals surface area contributed by atoms with Gasteiger partial charge in [0.05, 0.1) is 16.8 Å². The van der Waals surface area contributed by atoms with Crippen molar-refractivity contribution >= 4 is 15.9 Å². The fourth-order valence-corrected chi connectivity index (χ4v) is 3.36. The smallest absolute Gasteiger partial charge is 0.138 e. The SMILES string of the molecule is COC(C1CCCCC1)C(NN)c1occc1Br. The van der Waals surface area contributed by atoms with Gasteiger partial charge >= 0.3 is 0 Å². The van der Waals surface area contributed by atoms with Crippen molar-refractivity contribution in [1.82, 2.24) is 5.43 Å². The summed E-state index contributed by atoms with van der Waals surface area (Å²) in [6, 6.07) is 1.77. The van der Waals surface area contributed by atoms with Crippen LogP contribution >= 0.6 is 15.9 Å². The Balaban J connectivity index is 2.15. The summed E-state index contributed by atoms with van der Waals surface area (Å²) in [5, 5.41) is 0. The minimum Gasteiger partial charge on any atom is -0.466 e. The molecule has 1 fully saturated rings. The van der Waals surface area contributed by atoms with Crippen molar-refractivity contribution in [2.24, 2.45) is 11.8 Å². The van der Waals surface area contributed by atoms with Crippen molar-refractivity contribution in [2.75, 3.05) is 7.11 Å². The van der Waals surface area contributed by atoms with E-state index < -0.39 is 0 Å². The number of nitrogens with two attached hydrogens (primary N) is 1. The molecule has 4 nitrogen and oxygen atoms in total. The molecule has 0 aromatic carbocycles. The number of ether oxygens (including phenoxy) is 1. The summed E-state index contributed by atoms with van der Waals surface area (Å²) in [6.07, 6.45) is 8.01. The Hall–Kier alpha value is -0.360. The van der Waals surface area contributed by atoms with Crippen molar-refractivity contribution < 1.29 is 9.15 Å². The van der Waals surface area contributed by atoms with E-state index in [1.807, 2.05) is 6.07 Å². The van der Waals surface area contributed by atoms with Gasteiger partial charge in [-0.25, -0.2) is 5.43 Å². The van der Waals surface area contributed by atoms with Crippen LogP contribution in [0.25, 0.3) is 0 Å². The highest BCUT2D eigenvalue weighted by Crippen LogP contribution is 2.36. The molecule has 0 bridgehead atoms. The van der Waals surface area contributed by atoms with Crippen LogP contribution in [0, 0.1) is 5.92 Å². The average Bonchev–Trinajstić information content (AvgIpc) is 2.83. The summed E-state index contributed by atoms with van der Waals surface area (Å²) in [5.74, 6) is 7.06. The van der Waals surface area contributed by atoms with Crippen LogP contribution in [0.4, 0.5) is 0 Å². The topological polar surface area (TPSA) is 60.4 Å². The van der Waals surface area contributed by atoms with Gasteiger partial charge in [0.25, 0.3) is 0 Å². The van der Waals surface area contributed by atoms with E-state index in [1.54, 1.807) is 13.4 Å². The zero-order chi connectivity index (χ0) is 13.0. The van der Waals surface area contributed by atoms with E-state index in [1.165, 1.54) is 32.1 Å². The second-order valence-electron chi connectivity index (χ2n) is 4.88. The van der Waals surface area contributed by atoms with E-state index >= 15 is 0 Å². The monoisotopic (exact) mass is 316 g/mol. The second-order valence-corrected chi connectivity index (χ2v) is 5.73. The zero-order valence-electron chi connectivity index (χ0n) is 10.7. The highest BCUT2D eigenvalue weighted by Gasteiger charge is 2.33. The molecule has 102 valence electrons. The fraction of sp³-hybridized carbons (Fsp3) is 0.692. The molecule has 0 radical (unpaired) electrons. The molecule has 2 atom stereocenters. The molecule has 18 heavy (non-hydrogen) atoms. The third-order valence-corrected chi connectivity index (χ3v) is 4.48. The van der Waals surface area contributed by atoms with Crippen LogP contribution in [0.1, 0.15) is 43.9 Å². The highest BCUT2D eigenvalue weighted by molar-refractivity contribution is 9.10. The summed E-state index contributed by atoms with van der Waals surface area (Å²) >= 11 is 3.48. The molecule has 5 heteroatoms. The van der Waals surface area contributed by atoms with Gasteiger partial charge in [0, 0.05) is 7.11 Å². The number of nitrogens with one attached hydrogen (secondary N) is 1. The molecule has 0 spiro atoms. The first-order chi connectivity index (χ1) is 8.77. The lowest BCUT2D eigenvalue weighted by atomic mass is 9.82. The number of methoxy groups -OCH3 is 1. The summed E-state index contributed by atoms with van der Waals surface area (Å²) in [6.45, 7) is 0. The third-order valence-electron chi connectivity index (χ3n) is 3.82. The molecule has 0 saturated heterocycles. The summed E-state index contributed by atoms with van der Waals surface area (Å²) < 4.78 is 12.2. The summed E-state index contributed by atoms with van der Waals surface area (Å²) in [7, 11) is 1.75. The minimum atomic E-state index is -0.109. The molecule has 0 amide bonds. The summed E-state index contributed by atoms with van der Waals surface area (Å²) in [5.41, 5.74) is 2.84. The Morgan fingerprint density at radius 3 is 2.67 bits per heavy atom. The van der Waals surface area contributed by atoms with E-state index in [-0.39, 0.29) is 12.1 Å². The van der Waals surface area contributed by atoms with Crippen LogP contribution in [0.2, 0.25) is 0 Å². The Bertz CT molecular complexity index is 364.